The molecule has 0 heterocycles. The first kappa shape index (κ1) is 61.3. The van der Waals surface area contributed by atoms with Crippen LogP contribution in [0.4, 0.5) is 45.5 Å². The first-order valence-electron chi connectivity index (χ1n) is 24.5. The van der Waals surface area contributed by atoms with Crippen molar-refractivity contribution >= 4 is 119 Å². The molecule has 8 rings (SSSR count). The molecular formula is C54H50N8O18S4. The maximum absolute atomic E-state index is 13.3. The summed E-state index contributed by atoms with van der Waals surface area (Å²) in [5, 5.41) is 22.6. The zero-order valence-electron chi connectivity index (χ0n) is 44.0. The van der Waals surface area contributed by atoms with Crippen molar-refractivity contribution in [2.75, 3.05) is 61.7 Å². The van der Waals surface area contributed by atoms with Crippen LogP contribution in [0.2, 0.25) is 0 Å². The van der Waals surface area contributed by atoms with Crippen LogP contribution in [-0.2, 0) is 49.9 Å². The summed E-state index contributed by atoms with van der Waals surface area (Å²) < 4.78 is 159. The number of benzene rings is 8. The number of carbonyl (C=O) groups is 2. The fourth-order valence-electron chi connectivity index (χ4n) is 8.05. The van der Waals surface area contributed by atoms with E-state index in [1.807, 2.05) is 0 Å². The number of carbonyl (C=O) groups excluding carboxylic acids is 2. The van der Waals surface area contributed by atoms with E-state index in [-0.39, 0.29) is 107 Å². The van der Waals surface area contributed by atoms with Crippen molar-refractivity contribution in [2.45, 2.75) is 33.4 Å². The lowest BCUT2D eigenvalue weighted by atomic mass is 10.1. The van der Waals surface area contributed by atoms with Crippen LogP contribution in [0, 0.1) is 13.8 Å². The van der Waals surface area contributed by atoms with E-state index in [4.69, 9.17) is 30.4 Å². The Kier molecular flexibility index (Phi) is 18.5. The van der Waals surface area contributed by atoms with E-state index in [0.29, 0.717) is 45.8 Å². The second-order valence-corrected chi connectivity index (χ2v) is 23.9. The maximum Gasteiger partial charge on any atom is 0.295 e. The van der Waals surface area contributed by atoms with E-state index < -0.39 is 71.9 Å². The Bertz CT molecular complexity index is 4130. The van der Waals surface area contributed by atoms with Crippen LogP contribution < -0.4 is 31.6 Å². The van der Waals surface area contributed by atoms with Crippen molar-refractivity contribution in [3.05, 3.63) is 156 Å². The number of hydrogen-bond donors (Lipinski definition) is 8. The Hall–Kier alpha value is -8.82. The monoisotopic (exact) mass is 1230 g/mol. The number of anilines is 4. The Morgan fingerprint density at radius 3 is 1.14 bits per heavy atom. The molecule has 0 atom stereocenters. The highest BCUT2D eigenvalue weighted by Gasteiger charge is 2.23. The first-order valence-corrected chi connectivity index (χ1v) is 30.3. The minimum absolute atomic E-state index is 0.0373. The van der Waals surface area contributed by atoms with Gasteiger partial charge in [0, 0.05) is 45.4 Å². The van der Waals surface area contributed by atoms with E-state index in [9.17, 15) is 61.5 Å². The zero-order valence-corrected chi connectivity index (χ0v) is 47.3. The summed E-state index contributed by atoms with van der Waals surface area (Å²) in [6.07, 6.45) is 0. The molecule has 8 aromatic rings. The van der Waals surface area contributed by atoms with Crippen LogP contribution in [0.15, 0.2) is 173 Å². The highest BCUT2D eigenvalue weighted by Crippen LogP contribution is 2.38. The number of rotatable bonds is 23. The number of nitrogens with one attached hydrogen (secondary N) is 2. The number of nitrogens with two attached hydrogens (primary N) is 2. The van der Waals surface area contributed by atoms with Crippen LogP contribution in [0.25, 0.3) is 21.5 Å². The van der Waals surface area contributed by atoms with Crippen LogP contribution in [0.1, 0.15) is 31.8 Å². The van der Waals surface area contributed by atoms with Gasteiger partial charge < -0.3 is 41.0 Å². The van der Waals surface area contributed by atoms with E-state index >= 15 is 0 Å². The van der Waals surface area contributed by atoms with Gasteiger partial charge in [-0.2, -0.15) is 54.1 Å². The summed E-state index contributed by atoms with van der Waals surface area (Å²) in [5.41, 5.74) is 15.4. The second kappa shape index (κ2) is 25.4. The van der Waals surface area contributed by atoms with Gasteiger partial charge in [0.25, 0.3) is 52.3 Å². The summed E-state index contributed by atoms with van der Waals surface area (Å²) in [7, 11) is -19.6. The van der Waals surface area contributed by atoms with Crippen LogP contribution in [-0.4, -0.2) is 103 Å². The maximum atomic E-state index is 13.3. The minimum Gasteiger partial charge on any atom is -0.489 e. The molecule has 0 bridgehead atoms. The molecule has 0 aliphatic carbocycles. The van der Waals surface area contributed by atoms with Gasteiger partial charge in [-0.25, -0.2) is 0 Å². The molecule has 0 aliphatic rings. The van der Waals surface area contributed by atoms with E-state index in [0.717, 1.165) is 12.1 Å². The molecule has 0 aromatic heterocycles. The molecule has 8 aromatic carbocycles. The summed E-state index contributed by atoms with van der Waals surface area (Å²) >= 11 is 0. The molecule has 0 fully saturated rings. The molecule has 84 heavy (non-hydrogen) atoms. The molecule has 438 valence electrons. The lowest BCUT2D eigenvalue weighted by molar-refractivity contribution is 0.0275. The summed E-state index contributed by atoms with van der Waals surface area (Å²) in [6.45, 7) is 3.57. The van der Waals surface area contributed by atoms with Gasteiger partial charge >= 0.3 is 0 Å². The third kappa shape index (κ3) is 15.6. The summed E-state index contributed by atoms with van der Waals surface area (Å²) in [6, 6.07) is 29.9. The van der Waals surface area contributed by atoms with Crippen molar-refractivity contribution in [3.63, 3.8) is 0 Å². The Morgan fingerprint density at radius 2 is 0.798 bits per heavy atom. The zero-order chi connectivity index (χ0) is 60.7. The smallest absolute Gasteiger partial charge is 0.295 e. The Morgan fingerprint density at radius 1 is 0.440 bits per heavy atom. The lowest BCUT2D eigenvalue weighted by Crippen LogP contribution is -2.16. The molecular weight excluding hydrogens is 1180 g/mol. The molecule has 0 unspecified atom stereocenters. The molecule has 2 amide bonds. The predicted octanol–water partition coefficient (Wildman–Crippen LogP) is 9.59. The number of nitrogen functional groups attached to an aromatic ring is 2. The Labute approximate surface area is 480 Å². The number of azo groups is 2. The van der Waals surface area contributed by atoms with Gasteiger partial charge in [0.15, 0.2) is 0 Å². The Balaban J connectivity index is 0.919. The first-order chi connectivity index (χ1) is 39.6. The van der Waals surface area contributed by atoms with Crippen molar-refractivity contribution < 1.29 is 80.4 Å². The van der Waals surface area contributed by atoms with Crippen LogP contribution >= 0.6 is 0 Å². The van der Waals surface area contributed by atoms with Crippen molar-refractivity contribution in [1.82, 2.24) is 0 Å². The average Bonchev–Trinajstić information content (AvgIpc) is 1.68. The number of amides is 2. The van der Waals surface area contributed by atoms with Crippen molar-refractivity contribution in [3.8, 4) is 11.5 Å². The number of hydrogen-bond acceptors (Lipinski definition) is 20. The SMILES string of the molecule is Cc1cc(NC(=O)c2ccc(N)cc2)c(OCCOCCOCCOc2cc(/N=N/c3ccc4cc(S(=O)(=O)O)cc(S(=O)(=O)O)c4c3)c(C)cc2NC(=O)c2ccc(N)cc2)cc1/N=N/c1ccc2cc(S(=O)(=O)O)cc(S(=O)(=O)O)c2c1. The second-order valence-electron chi connectivity index (χ2n) is 18.3. The molecule has 0 saturated carbocycles. The number of ether oxygens (including phenoxy) is 4. The lowest BCUT2D eigenvalue weighted by Gasteiger charge is -2.16. The molecule has 0 saturated heterocycles. The predicted molar refractivity (Wildman–Crippen MR) is 308 cm³/mol. The topological polar surface area (TPSA) is 414 Å². The summed E-state index contributed by atoms with van der Waals surface area (Å²) in [5.74, 6) is -0.646. The largest absolute Gasteiger partial charge is 0.489 e. The van der Waals surface area contributed by atoms with E-state index in [1.54, 1.807) is 74.5 Å². The molecule has 0 radical (unpaired) electrons. The highest BCUT2D eigenvalue weighted by atomic mass is 32.2. The van der Waals surface area contributed by atoms with Gasteiger partial charge in [0.2, 0.25) is 0 Å². The third-order valence-electron chi connectivity index (χ3n) is 12.2. The molecule has 10 N–H and O–H groups in total. The number of fused-ring (bicyclic) bond motifs is 2. The van der Waals surface area contributed by atoms with Gasteiger partial charge in [0.1, 0.15) is 34.5 Å². The standard InChI is InChI=1S/C54H50N8O18S4/c1-31-21-47(57-53(63)33-3-9-37(55)10-4-33)49(29-45(31)61-59-39-13-7-35-23-41(81(65,66)67)27-51(43(35)25-39)83(71,72)73)79-19-17-77-15-16-78-18-20-80-50-30-46(32(2)22-48(50)58-54(64)34-5-11-38(56)12-6-34)62-60-40-14-8-36-24-42(82(68,69)70)28-52(44(36)26-40)84(74,75)76/h3-14,21-30H,15-20,55-56H2,1-2H3,(H,57,63)(H,58,64)(H,65,66,67)(H,68,69,70)(H,71,72,73)(H,74,75,76)/b61-59+,62-60+. The fraction of sp³-hybridized carbons (Fsp3) is 0.148. The molecule has 0 aliphatic heterocycles. The quantitative estimate of drug-likeness (QED) is 0.0128. The van der Waals surface area contributed by atoms with Gasteiger partial charge in [0.05, 0.1) is 70.3 Å². The molecule has 30 heteroatoms. The van der Waals surface area contributed by atoms with Gasteiger partial charge in [-0.1, -0.05) is 12.1 Å². The average molecular weight is 1230 g/mol. The van der Waals surface area contributed by atoms with E-state index in [2.05, 4.69) is 31.1 Å². The molecule has 0 spiro atoms. The van der Waals surface area contributed by atoms with Gasteiger partial charge in [-0.05, 0) is 145 Å². The summed E-state index contributed by atoms with van der Waals surface area (Å²) in [4.78, 5) is 23.6. The van der Waals surface area contributed by atoms with Crippen molar-refractivity contribution in [2.24, 2.45) is 20.5 Å². The number of nitrogens with zero attached hydrogens (tertiary/aromatic N) is 4. The third-order valence-corrected chi connectivity index (χ3v) is 15.7. The minimum atomic E-state index is -4.98. The number of aryl methyl sites for hydroxylation is 2. The van der Waals surface area contributed by atoms with Gasteiger partial charge in [-0.3, -0.25) is 27.8 Å². The van der Waals surface area contributed by atoms with Crippen LogP contribution in [0.5, 0.6) is 11.5 Å². The van der Waals surface area contributed by atoms with Crippen LogP contribution in [0.3, 0.4) is 0 Å². The van der Waals surface area contributed by atoms with E-state index in [1.165, 1.54) is 48.5 Å². The highest BCUT2D eigenvalue weighted by molar-refractivity contribution is 7.87. The normalized spacial score (nSPS) is 12.3. The van der Waals surface area contributed by atoms with Gasteiger partial charge in [-0.15, -0.1) is 0 Å². The fourth-order valence-corrected chi connectivity index (χ4v) is 10.7. The molecule has 26 nitrogen and oxygen atoms in total. The van der Waals surface area contributed by atoms with Crippen molar-refractivity contribution in [1.29, 1.82) is 0 Å².